The number of carbonyl (C=O) groups is 2. The van der Waals surface area contributed by atoms with Crippen molar-refractivity contribution in [1.82, 2.24) is 0 Å². The van der Waals surface area contributed by atoms with E-state index in [1.165, 1.54) is 18.2 Å². The van der Waals surface area contributed by atoms with Gasteiger partial charge in [0.15, 0.2) is 0 Å². The fraction of sp³-hybridized carbons (Fsp3) is 0.0909. The monoisotopic (exact) mass is 286 g/mol. The van der Waals surface area contributed by atoms with Crippen molar-refractivity contribution >= 4 is 33.8 Å². The molecule has 0 spiro atoms. The molecule has 16 heavy (non-hydrogen) atoms. The van der Waals surface area contributed by atoms with Gasteiger partial charge in [-0.2, -0.15) is 0 Å². The average Bonchev–Trinajstić information content (AvgIpc) is 2.26. The van der Waals surface area contributed by atoms with Gasteiger partial charge in [0, 0.05) is 10.0 Å². The summed E-state index contributed by atoms with van der Waals surface area (Å²) in [5.41, 5.74) is 0.223. The van der Waals surface area contributed by atoms with Crippen LogP contribution in [0.3, 0.4) is 0 Å². The van der Waals surface area contributed by atoms with Gasteiger partial charge in [0.25, 0.3) is 5.78 Å². The lowest BCUT2D eigenvalue weighted by Crippen LogP contribution is -2.12. The molecule has 0 aliphatic carbocycles. The van der Waals surface area contributed by atoms with E-state index in [9.17, 15) is 14.0 Å². The van der Waals surface area contributed by atoms with Crippen LogP contribution in [0.15, 0.2) is 28.7 Å². The van der Waals surface area contributed by atoms with Gasteiger partial charge in [0.2, 0.25) is 0 Å². The third-order valence-electron chi connectivity index (χ3n) is 1.76. The maximum atomic E-state index is 13.3. The second-order valence-electron chi connectivity index (χ2n) is 2.86. The second-order valence-corrected chi connectivity index (χ2v) is 3.77. The van der Waals surface area contributed by atoms with Crippen molar-refractivity contribution in [2.75, 3.05) is 7.11 Å². The fourth-order valence-electron chi connectivity index (χ4n) is 0.971. The van der Waals surface area contributed by atoms with E-state index in [2.05, 4.69) is 20.7 Å². The van der Waals surface area contributed by atoms with Gasteiger partial charge in [-0.25, -0.2) is 9.18 Å². The van der Waals surface area contributed by atoms with Crippen LogP contribution in [0.2, 0.25) is 0 Å². The van der Waals surface area contributed by atoms with Crippen LogP contribution < -0.4 is 0 Å². The first-order valence-corrected chi connectivity index (χ1v) is 5.09. The minimum Gasteiger partial charge on any atom is -0.463 e. The molecule has 1 rings (SSSR count). The lowest BCUT2D eigenvalue weighted by atomic mass is 10.2. The molecule has 0 aromatic heterocycles. The lowest BCUT2D eigenvalue weighted by Gasteiger charge is -1.97. The van der Waals surface area contributed by atoms with Crippen LogP contribution in [0.25, 0.3) is 6.08 Å². The molecule has 0 saturated carbocycles. The molecule has 1 aromatic rings. The summed E-state index contributed by atoms with van der Waals surface area (Å²) in [4.78, 5) is 21.8. The molecule has 0 amide bonds. The highest BCUT2D eigenvalue weighted by Gasteiger charge is 2.09. The molecule has 0 bridgehead atoms. The van der Waals surface area contributed by atoms with Crippen LogP contribution in [-0.2, 0) is 14.3 Å². The maximum absolute atomic E-state index is 13.3. The molecule has 5 heteroatoms. The van der Waals surface area contributed by atoms with Crippen LogP contribution in [0.5, 0.6) is 0 Å². The summed E-state index contributed by atoms with van der Waals surface area (Å²) < 4.78 is 18.1. The summed E-state index contributed by atoms with van der Waals surface area (Å²) in [7, 11) is 1.11. The van der Waals surface area contributed by atoms with Crippen molar-refractivity contribution in [2.24, 2.45) is 0 Å². The molecule has 0 aliphatic heterocycles. The molecule has 0 saturated heterocycles. The molecule has 0 heterocycles. The molecule has 84 valence electrons. The highest BCUT2D eigenvalue weighted by molar-refractivity contribution is 9.10. The Bertz CT molecular complexity index is 455. The highest BCUT2D eigenvalue weighted by atomic mass is 79.9. The lowest BCUT2D eigenvalue weighted by molar-refractivity contribution is -0.149. The largest absolute Gasteiger partial charge is 0.463 e. The SMILES string of the molecule is COC(=O)C(=O)/C=C/c1ccc(Br)cc1F. The number of carbonyl (C=O) groups excluding carboxylic acids is 2. The van der Waals surface area contributed by atoms with E-state index in [4.69, 9.17) is 0 Å². The zero-order valence-electron chi connectivity index (χ0n) is 8.37. The number of rotatable bonds is 3. The third kappa shape index (κ3) is 3.27. The summed E-state index contributed by atoms with van der Waals surface area (Å²) in [6.07, 6.45) is 2.19. The minimum atomic E-state index is -0.978. The highest BCUT2D eigenvalue weighted by Crippen LogP contribution is 2.16. The van der Waals surface area contributed by atoms with E-state index in [0.29, 0.717) is 4.47 Å². The van der Waals surface area contributed by atoms with Crippen LogP contribution in [0, 0.1) is 5.82 Å². The molecule has 0 unspecified atom stereocenters. The normalized spacial score (nSPS) is 10.4. The zero-order valence-corrected chi connectivity index (χ0v) is 9.95. The Labute approximate surface area is 100 Å². The Kier molecular flexibility index (Phi) is 4.37. The Morgan fingerprint density at radius 2 is 2.12 bits per heavy atom. The molecule has 0 atom stereocenters. The standard InChI is InChI=1S/C11H8BrFO3/c1-16-11(15)10(14)5-3-7-2-4-8(12)6-9(7)13/h2-6H,1H3/b5-3+. The summed E-state index contributed by atoms with van der Waals surface area (Å²) in [6.45, 7) is 0. The van der Waals surface area contributed by atoms with Crippen molar-refractivity contribution in [3.8, 4) is 0 Å². The molecule has 3 nitrogen and oxygen atoms in total. The van der Waals surface area contributed by atoms with Crippen molar-refractivity contribution < 1.29 is 18.7 Å². The van der Waals surface area contributed by atoms with Gasteiger partial charge in [-0.3, -0.25) is 4.79 Å². The van der Waals surface area contributed by atoms with Crippen LogP contribution in [0.4, 0.5) is 4.39 Å². The first-order chi connectivity index (χ1) is 7.54. The van der Waals surface area contributed by atoms with Crippen LogP contribution >= 0.6 is 15.9 Å². The summed E-state index contributed by atoms with van der Waals surface area (Å²) >= 11 is 3.11. The summed E-state index contributed by atoms with van der Waals surface area (Å²) in [6, 6.07) is 4.38. The Balaban J connectivity index is 2.84. The molecule has 0 N–H and O–H groups in total. The number of methoxy groups -OCH3 is 1. The van der Waals surface area contributed by atoms with Gasteiger partial charge < -0.3 is 4.74 Å². The van der Waals surface area contributed by atoms with Gasteiger partial charge >= 0.3 is 5.97 Å². The molecule has 0 radical (unpaired) electrons. The van der Waals surface area contributed by atoms with E-state index in [0.717, 1.165) is 13.2 Å². The van der Waals surface area contributed by atoms with Crippen molar-refractivity contribution in [3.63, 3.8) is 0 Å². The predicted octanol–water partition coefficient (Wildman–Crippen LogP) is 2.34. The zero-order chi connectivity index (χ0) is 12.1. The van der Waals surface area contributed by atoms with Gasteiger partial charge in [-0.1, -0.05) is 22.0 Å². The number of benzene rings is 1. The van der Waals surface area contributed by atoms with Gasteiger partial charge in [-0.05, 0) is 24.3 Å². The van der Waals surface area contributed by atoms with Gasteiger partial charge in [0.1, 0.15) is 5.82 Å². The molecule has 1 aromatic carbocycles. The Hall–Kier alpha value is -1.49. The van der Waals surface area contributed by atoms with Gasteiger partial charge in [-0.15, -0.1) is 0 Å². The molecular weight excluding hydrogens is 279 g/mol. The van der Waals surface area contributed by atoms with Crippen molar-refractivity contribution in [2.45, 2.75) is 0 Å². The van der Waals surface area contributed by atoms with Crippen LogP contribution in [-0.4, -0.2) is 18.9 Å². The first-order valence-electron chi connectivity index (χ1n) is 4.30. The third-order valence-corrected chi connectivity index (χ3v) is 2.26. The quantitative estimate of drug-likeness (QED) is 0.487. The predicted molar refractivity (Wildman–Crippen MR) is 60.2 cm³/mol. The summed E-state index contributed by atoms with van der Waals surface area (Å²) in [5, 5.41) is 0. The second kappa shape index (κ2) is 5.55. The maximum Gasteiger partial charge on any atom is 0.378 e. The first kappa shape index (κ1) is 12.6. The molecule has 0 aliphatic rings. The number of ketones is 1. The van der Waals surface area contributed by atoms with E-state index in [1.807, 2.05) is 0 Å². The van der Waals surface area contributed by atoms with Crippen molar-refractivity contribution in [3.05, 3.63) is 40.1 Å². The number of ether oxygens (including phenoxy) is 1. The number of hydrogen-bond donors (Lipinski definition) is 0. The number of esters is 1. The van der Waals surface area contributed by atoms with Crippen LogP contribution in [0.1, 0.15) is 5.56 Å². The minimum absolute atomic E-state index is 0.223. The van der Waals surface area contributed by atoms with E-state index in [-0.39, 0.29) is 5.56 Å². The smallest absolute Gasteiger partial charge is 0.378 e. The van der Waals surface area contributed by atoms with E-state index in [1.54, 1.807) is 6.07 Å². The van der Waals surface area contributed by atoms with E-state index < -0.39 is 17.6 Å². The number of hydrogen-bond acceptors (Lipinski definition) is 3. The topological polar surface area (TPSA) is 43.4 Å². The number of halogens is 2. The Morgan fingerprint density at radius 1 is 1.44 bits per heavy atom. The Morgan fingerprint density at radius 3 is 2.69 bits per heavy atom. The van der Waals surface area contributed by atoms with E-state index >= 15 is 0 Å². The summed E-state index contributed by atoms with van der Waals surface area (Å²) in [5.74, 6) is -2.29. The van der Waals surface area contributed by atoms with Crippen molar-refractivity contribution in [1.29, 1.82) is 0 Å². The fourth-order valence-corrected chi connectivity index (χ4v) is 1.30. The molecule has 0 fully saturated rings. The van der Waals surface area contributed by atoms with Gasteiger partial charge in [0.05, 0.1) is 7.11 Å². The average molecular weight is 287 g/mol. The molecular formula is C11H8BrFO3.